The molecule has 1 aromatic rings. The molecule has 0 unspecified atom stereocenters. The fraction of sp³-hybridized carbons (Fsp3) is 0.476. The second kappa shape index (κ2) is 10.4. The van der Waals surface area contributed by atoms with Crippen LogP contribution in [-0.4, -0.2) is 78.7 Å². The number of amides is 2. The number of rotatable bonds is 8. The Bertz CT molecular complexity index is 886. The summed E-state index contributed by atoms with van der Waals surface area (Å²) in [4.78, 5) is 29.3. The molecule has 3 aliphatic heterocycles. The Hall–Kier alpha value is -2.14. The van der Waals surface area contributed by atoms with Crippen molar-refractivity contribution in [3.05, 3.63) is 28.7 Å². The molecule has 31 heavy (non-hydrogen) atoms. The number of benzene rings is 1. The van der Waals surface area contributed by atoms with E-state index in [-0.39, 0.29) is 31.6 Å². The maximum atomic E-state index is 12.7. The predicted octanol–water partition coefficient (Wildman–Crippen LogP) is 1.85. The summed E-state index contributed by atoms with van der Waals surface area (Å²) in [5, 5.41) is 2.93. The largest absolute Gasteiger partial charge is 0.454 e. The standard InChI is InChI=1S/C21H25N3O5S2/c25-19(22-5-1-6-23-8-10-27-11-9-23)4-7-24-20(26)18(31-21(24)30)13-15-2-3-16-17(12-15)29-14-28-16/h2-3,12-13H,1,4-11,14H2,(H,22,25). The fourth-order valence-corrected chi connectivity index (χ4v) is 4.81. The first-order valence-electron chi connectivity index (χ1n) is 10.3. The van der Waals surface area contributed by atoms with Gasteiger partial charge in [0.15, 0.2) is 11.5 Å². The molecule has 1 aromatic carbocycles. The van der Waals surface area contributed by atoms with Gasteiger partial charge in [0, 0.05) is 32.6 Å². The highest BCUT2D eigenvalue weighted by atomic mass is 32.2. The van der Waals surface area contributed by atoms with Crippen molar-refractivity contribution in [2.24, 2.45) is 0 Å². The van der Waals surface area contributed by atoms with Crippen LogP contribution in [0.25, 0.3) is 6.08 Å². The highest BCUT2D eigenvalue weighted by Gasteiger charge is 2.32. The van der Waals surface area contributed by atoms with Crippen LogP contribution in [0.1, 0.15) is 18.4 Å². The zero-order valence-electron chi connectivity index (χ0n) is 17.1. The normalized spacial score (nSPS) is 20.0. The number of hydrogen-bond acceptors (Lipinski definition) is 8. The maximum Gasteiger partial charge on any atom is 0.266 e. The van der Waals surface area contributed by atoms with Gasteiger partial charge in [0.2, 0.25) is 12.7 Å². The van der Waals surface area contributed by atoms with E-state index in [0.29, 0.717) is 27.3 Å². The summed E-state index contributed by atoms with van der Waals surface area (Å²) >= 11 is 6.60. The summed E-state index contributed by atoms with van der Waals surface area (Å²) in [7, 11) is 0. The number of thioether (sulfide) groups is 1. The van der Waals surface area contributed by atoms with Crippen molar-refractivity contribution in [2.75, 3.05) is 52.7 Å². The Labute approximate surface area is 190 Å². The van der Waals surface area contributed by atoms with Gasteiger partial charge in [-0.2, -0.15) is 0 Å². The van der Waals surface area contributed by atoms with E-state index in [1.807, 2.05) is 18.2 Å². The van der Waals surface area contributed by atoms with Gasteiger partial charge in [-0.15, -0.1) is 0 Å². The number of fused-ring (bicyclic) bond motifs is 1. The SMILES string of the molecule is O=C(CCN1C(=O)C(=Cc2ccc3c(c2)OCO3)SC1=S)NCCCN1CCOCC1. The zero-order chi connectivity index (χ0) is 21.6. The summed E-state index contributed by atoms with van der Waals surface area (Å²) in [6.45, 7) is 5.50. The van der Waals surface area contributed by atoms with E-state index in [0.717, 1.165) is 44.8 Å². The first-order chi connectivity index (χ1) is 15.1. The number of nitrogens with one attached hydrogen (secondary N) is 1. The lowest BCUT2D eigenvalue weighted by Gasteiger charge is -2.26. The van der Waals surface area contributed by atoms with Crippen LogP contribution < -0.4 is 14.8 Å². The minimum atomic E-state index is -0.173. The number of nitrogens with zero attached hydrogens (tertiary/aromatic N) is 2. The average molecular weight is 464 g/mol. The Morgan fingerprint density at radius 2 is 2.00 bits per heavy atom. The van der Waals surface area contributed by atoms with Crippen LogP contribution in [0.5, 0.6) is 11.5 Å². The van der Waals surface area contributed by atoms with Gasteiger partial charge in [0.05, 0.1) is 18.1 Å². The zero-order valence-corrected chi connectivity index (χ0v) is 18.8. The van der Waals surface area contributed by atoms with Crippen molar-refractivity contribution in [3.8, 4) is 11.5 Å². The molecule has 0 aromatic heterocycles. The molecule has 1 N–H and O–H groups in total. The maximum absolute atomic E-state index is 12.7. The molecular weight excluding hydrogens is 438 g/mol. The summed E-state index contributed by atoms with van der Waals surface area (Å²) in [5.74, 6) is 1.11. The van der Waals surface area contributed by atoms with E-state index in [1.165, 1.54) is 16.7 Å². The van der Waals surface area contributed by atoms with Gasteiger partial charge in [-0.1, -0.05) is 30.0 Å². The molecule has 3 heterocycles. The van der Waals surface area contributed by atoms with Gasteiger partial charge in [-0.25, -0.2) is 0 Å². The van der Waals surface area contributed by atoms with E-state index >= 15 is 0 Å². The van der Waals surface area contributed by atoms with Crippen molar-refractivity contribution >= 4 is 46.2 Å². The number of hydrogen-bond donors (Lipinski definition) is 1. The molecule has 0 spiro atoms. The number of morpholine rings is 1. The lowest BCUT2D eigenvalue weighted by atomic mass is 10.2. The second-order valence-electron chi connectivity index (χ2n) is 7.35. The van der Waals surface area contributed by atoms with E-state index in [9.17, 15) is 9.59 Å². The fourth-order valence-electron chi connectivity index (χ4n) is 3.50. The molecule has 0 radical (unpaired) electrons. The lowest BCUT2D eigenvalue weighted by Crippen LogP contribution is -2.38. The predicted molar refractivity (Wildman–Crippen MR) is 122 cm³/mol. The molecule has 3 aliphatic rings. The van der Waals surface area contributed by atoms with Gasteiger partial charge in [0.25, 0.3) is 5.91 Å². The van der Waals surface area contributed by atoms with Gasteiger partial charge in [-0.05, 0) is 36.7 Å². The topological polar surface area (TPSA) is 80.3 Å². The quantitative estimate of drug-likeness (QED) is 0.356. The van der Waals surface area contributed by atoms with E-state index in [2.05, 4.69) is 10.2 Å². The Morgan fingerprint density at radius 1 is 1.19 bits per heavy atom. The van der Waals surface area contributed by atoms with Crippen LogP contribution >= 0.6 is 24.0 Å². The first-order valence-corrected chi connectivity index (χ1v) is 11.5. The smallest absolute Gasteiger partial charge is 0.266 e. The van der Waals surface area contributed by atoms with Crippen LogP contribution in [0, 0.1) is 0 Å². The first kappa shape index (κ1) is 22.1. The highest BCUT2D eigenvalue weighted by molar-refractivity contribution is 8.26. The third-order valence-corrected chi connectivity index (χ3v) is 6.59. The summed E-state index contributed by atoms with van der Waals surface area (Å²) in [6, 6.07) is 5.52. The molecule has 0 saturated carbocycles. The Kier molecular flexibility index (Phi) is 7.44. The minimum Gasteiger partial charge on any atom is -0.454 e. The van der Waals surface area contributed by atoms with Gasteiger partial charge >= 0.3 is 0 Å². The Balaban J connectivity index is 1.22. The summed E-state index contributed by atoms with van der Waals surface area (Å²) in [5.41, 5.74) is 0.836. The Morgan fingerprint density at radius 3 is 2.84 bits per heavy atom. The number of carbonyl (C=O) groups is 2. The van der Waals surface area contributed by atoms with Crippen LogP contribution in [0.15, 0.2) is 23.1 Å². The summed E-state index contributed by atoms with van der Waals surface area (Å²) in [6.07, 6.45) is 2.90. The molecule has 0 aliphatic carbocycles. The molecular formula is C21H25N3O5S2. The molecule has 4 rings (SSSR count). The number of thiocarbonyl (C=S) groups is 1. The molecule has 166 valence electrons. The molecule has 2 fully saturated rings. The highest BCUT2D eigenvalue weighted by Crippen LogP contribution is 2.36. The lowest BCUT2D eigenvalue weighted by molar-refractivity contribution is -0.123. The van der Waals surface area contributed by atoms with Crippen molar-refractivity contribution in [1.29, 1.82) is 0 Å². The molecule has 2 saturated heterocycles. The van der Waals surface area contributed by atoms with Crippen molar-refractivity contribution in [3.63, 3.8) is 0 Å². The molecule has 0 atom stereocenters. The van der Waals surface area contributed by atoms with E-state index in [1.54, 1.807) is 6.08 Å². The second-order valence-corrected chi connectivity index (χ2v) is 9.03. The third-order valence-electron chi connectivity index (χ3n) is 5.21. The molecule has 10 heteroatoms. The molecule has 0 bridgehead atoms. The van der Waals surface area contributed by atoms with Crippen LogP contribution in [-0.2, 0) is 14.3 Å². The minimum absolute atomic E-state index is 0.0734. The van der Waals surface area contributed by atoms with Gasteiger partial charge in [0.1, 0.15) is 4.32 Å². The number of carbonyl (C=O) groups excluding carboxylic acids is 2. The van der Waals surface area contributed by atoms with Crippen molar-refractivity contribution in [2.45, 2.75) is 12.8 Å². The summed E-state index contributed by atoms with van der Waals surface area (Å²) < 4.78 is 16.5. The van der Waals surface area contributed by atoms with Gasteiger partial charge < -0.3 is 19.5 Å². The number of ether oxygens (including phenoxy) is 3. The average Bonchev–Trinajstić information content (AvgIpc) is 3.34. The van der Waals surface area contributed by atoms with Crippen LogP contribution in [0.3, 0.4) is 0 Å². The van der Waals surface area contributed by atoms with Crippen molar-refractivity contribution < 1.29 is 23.8 Å². The van der Waals surface area contributed by atoms with Crippen LogP contribution in [0.2, 0.25) is 0 Å². The van der Waals surface area contributed by atoms with Crippen molar-refractivity contribution in [1.82, 2.24) is 15.1 Å². The van der Waals surface area contributed by atoms with E-state index in [4.69, 9.17) is 26.4 Å². The third kappa shape index (κ3) is 5.76. The van der Waals surface area contributed by atoms with E-state index < -0.39 is 0 Å². The van der Waals surface area contributed by atoms with Gasteiger partial charge in [-0.3, -0.25) is 19.4 Å². The molecule has 2 amide bonds. The monoisotopic (exact) mass is 463 g/mol. The van der Waals surface area contributed by atoms with Crippen LogP contribution in [0.4, 0.5) is 0 Å². The molecule has 8 nitrogen and oxygen atoms in total.